The average molecular weight is 376 g/mol. The Morgan fingerprint density at radius 2 is 1.81 bits per heavy atom. The number of hydrogen-bond donors (Lipinski definition) is 1. The highest BCUT2D eigenvalue weighted by molar-refractivity contribution is 7.85. The van der Waals surface area contributed by atoms with Crippen LogP contribution in [0.15, 0.2) is 59.5 Å². The molecule has 1 saturated heterocycles. The molecular weight excluding hydrogens is 352 g/mol. The van der Waals surface area contributed by atoms with E-state index in [-0.39, 0.29) is 6.61 Å². The van der Waals surface area contributed by atoms with E-state index >= 15 is 0 Å². The van der Waals surface area contributed by atoms with Crippen LogP contribution in [0.2, 0.25) is 0 Å². The number of ether oxygens (including phenoxy) is 3. The van der Waals surface area contributed by atoms with Crippen molar-refractivity contribution in [3.63, 3.8) is 0 Å². The van der Waals surface area contributed by atoms with Gasteiger partial charge in [0.15, 0.2) is 6.29 Å². The summed E-state index contributed by atoms with van der Waals surface area (Å²) in [4.78, 5) is 0.660. The predicted octanol–water partition coefficient (Wildman–Crippen LogP) is 2.42. The molecule has 0 aliphatic carbocycles. The van der Waals surface area contributed by atoms with Crippen LogP contribution in [0.3, 0.4) is 0 Å². The molecule has 0 radical (unpaired) electrons. The van der Waals surface area contributed by atoms with Gasteiger partial charge in [0, 0.05) is 12.0 Å². The minimum Gasteiger partial charge on any atom is -0.386 e. The minimum atomic E-state index is -1.43. The van der Waals surface area contributed by atoms with Crippen molar-refractivity contribution >= 4 is 10.8 Å². The molecule has 1 fully saturated rings. The zero-order valence-corrected chi connectivity index (χ0v) is 15.7. The van der Waals surface area contributed by atoms with Crippen LogP contribution >= 0.6 is 0 Å². The van der Waals surface area contributed by atoms with Crippen molar-refractivity contribution in [2.24, 2.45) is 0 Å². The summed E-state index contributed by atoms with van der Waals surface area (Å²) in [6, 6.07) is 17.3. The molecule has 1 aliphatic rings. The van der Waals surface area contributed by atoms with E-state index in [0.717, 1.165) is 11.1 Å². The highest BCUT2D eigenvalue weighted by Gasteiger charge is 2.47. The quantitative estimate of drug-likeness (QED) is 0.804. The molecule has 0 spiro atoms. The topological polar surface area (TPSA) is 65.0 Å². The summed E-state index contributed by atoms with van der Waals surface area (Å²) >= 11 is 0. The molecular formula is C20H24O5S. The van der Waals surface area contributed by atoms with E-state index in [1.807, 2.05) is 61.5 Å². The number of rotatable bonds is 7. The van der Waals surface area contributed by atoms with Gasteiger partial charge in [-0.25, -0.2) is 0 Å². The Bertz CT molecular complexity index is 719. The van der Waals surface area contributed by atoms with E-state index in [2.05, 4.69) is 0 Å². The normalized spacial score (nSPS) is 26.7. The summed E-state index contributed by atoms with van der Waals surface area (Å²) in [6.07, 6.45) is -2.30. The average Bonchev–Trinajstić information content (AvgIpc) is 2.98. The third-order valence-corrected chi connectivity index (χ3v) is 6.23. The van der Waals surface area contributed by atoms with Gasteiger partial charge >= 0.3 is 0 Å². The maximum absolute atomic E-state index is 13.0. The van der Waals surface area contributed by atoms with Crippen LogP contribution in [-0.2, 0) is 31.6 Å². The zero-order chi connectivity index (χ0) is 18.5. The lowest BCUT2D eigenvalue weighted by molar-refractivity contribution is -0.156. The van der Waals surface area contributed by atoms with Gasteiger partial charge in [-0.1, -0.05) is 48.0 Å². The third kappa shape index (κ3) is 4.39. The van der Waals surface area contributed by atoms with E-state index in [1.165, 1.54) is 7.11 Å². The van der Waals surface area contributed by atoms with Crippen molar-refractivity contribution in [3.8, 4) is 0 Å². The first-order valence-corrected chi connectivity index (χ1v) is 9.76. The summed E-state index contributed by atoms with van der Waals surface area (Å²) in [5.41, 5.74) is 2.14. The lowest BCUT2D eigenvalue weighted by atomic mass is 10.2. The molecule has 5 atom stereocenters. The molecule has 2 aromatic rings. The van der Waals surface area contributed by atoms with E-state index < -0.39 is 34.5 Å². The molecule has 1 N–H and O–H groups in total. The largest absolute Gasteiger partial charge is 0.386 e. The van der Waals surface area contributed by atoms with Crippen molar-refractivity contribution in [1.82, 2.24) is 0 Å². The Kier molecular flexibility index (Phi) is 6.56. The molecule has 6 heteroatoms. The first-order valence-electron chi connectivity index (χ1n) is 8.55. The first kappa shape index (κ1) is 19.2. The third-order valence-electron chi connectivity index (χ3n) is 4.42. The Balaban J connectivity index is 1.69. The van der Waals surface area contributed by atoms with Crippen molar-refractivity contribution in [1.29, 1.82) is 0 Å². The number of aliphatic hydroxyl groups excluding tert-OH is 1. The lowest BCUT2D eigenvalue weighted by Crippen LogP contribution is -2.38. The number of aryl methyl sites for hydroxylation is 1. The summed E-state index contributed by atoms with van der Waals surface area (Å²) in [5, 5.41) is 9.91. The highest BCUT2D eigenvalue weighted by Crippen LogP contribution is 2.29. The second-order valence-corrected chi connectivity index (χ2v) is 7.96. The smallest absolute Gasteiger partial charge is 0.184 e. The van der Waals surface area contributed by atoms with Crippen molar-refractivity contribution in [2.45, 2.75) is 42.2 Å². The van der Waals surface area contributed by atoms with Gasteiger partial charge in [-0.05, 0) is 24.6 Å². The van der Waals surface area contributed by atoms with Gasteiger partial charge in [0.1, 0.15) is 12.2 Å². The fourth-order valence-electron chi connectivity index (χ4n) is 3.00. The van der Waals surface area contributed by atoms with E-state index in [9.17, 15) is 9.32 Å². The molecule has 0 bridgehead atoms. The molecule has 3 rings (SSSR count). The van der Waals surface area contributed by atoms with Crippen molar-refractivity contribution in [2.75, 3.05) is 13.7 Å². The van der Waals surface area contributed by atoms with Gasteiger partial charge in [0.05, 0.1) is 29.3 Å². The van der Waals surface area contributed by atoms with Gasteiger partial charge in [-0.3, -0.25) is 4.21 Å². The van der Waals surface area contributed by atoms with Crippen LogP contribution < -0.4 is 0 Å². The maximum atomic E-state index is 13.0. The monoisotopic (exact) mass is 376 g/mol. The van der Waals surface area contributed by atoms with E-state index in [0.29, 0.717) is 11.5 Å². The van der Waals surface area contributed by atoms with Gasteiger partial charge in [0.25, 0.3) is 0 Å². The minimum absolute atomic E-state index is 0.230. The van der Waals surface area contributed by atoms with Gasteiger partial charge in [-0.15, -0.1) is 0 Å². The SMILES string of the molecule is CO[C@@H]1O[C@H](COCc2ccccc2)[C@H]([S@](=O)c2ccc(C)cc2)[C@H]1O. The van der Waals surface area contributed by atoms with Crippen LogP contribution in [-0.4, -0.2) is 46.8 Å². The van der Waals surface area contributed by atoms with Crippen LogP contribution in [0, 0.1) is 6.92 Å². The Morgan fingerprint density at radius 1 is 1.12 bits per heavy atom. The zero-order valence-electron chi connectivity index (χ0n) is 14.9. The Morgan fingerprint density at radius 3 is 2.46 bits per heavy atom. The molecule has 0 amide bonds. The number of methoxy groups -OCH3 is 1. The summed E-state index contributed by atoms with van der Waals surface area (Å²) in [5.74, 6) is 0. The van der Waals surface area contributed by atoms with Crippen LogP contribution in [0.25, 0.3) is 0 Å². The van der Waals surface area contributed by atoms with Gasteiger partial charge in [-0.2, -0.15) is 0 Å². The fraction of sp³-hybridized carbons (Fsp3) is 0.400. The second kappa shape index (κ2) is 8.88. The molecule has 140 valence electrons. The summed E-state index contributed by atoms with van der Waals surface area (Å²) in [7, 11) is 0.0328. The van der Waals surface area contributed by atoms with Crippen molar-refractivity contribution < 1.29 is 23.5 Å². The van der Waals surface area contributed by atoms with Crippen LogP contribution in [0.4, 0.5) is 0 Å². The Labute approximate surface area is 156 Å². The van der Waals surface area contributed by atoms with Crippen LogP contribution in [0.1, 0.15) is 11.1 Å². The molecule has 1 aliphatic heterocycles. The van der Waals surface area contributed by atoms with E-state index in [4.69, 9.17) is 14.2 Å². The molecule has 26 heavy (non-hydrogen) atoms. The predicted molar refractivity (Wildman–Crippen MR) is 99.2 cm³/mol. The fourth-order valence-corrected chi connectivity index (χ4v) is 4.51. The Hall–Kier alpha value is -1.57. The number of aliphatic hydroxyl groups is 1. The molecule has 0 saturated carbocycles. The van der Waals surface area contributed by atoms with Gasteiger partial charge in [0.2, 0.25) is 0 Å². The molecule has 1 heterocycles. The molecule has 5 nitrogen and oxygen atoms in total. The number of benzene rings is 2. The van der Waals surface area contributed by atoms with E-state index in [1.54, 1.807) is 0 Å². The lowest BCUT2D eigenvalue weighted by Gasteiger charge is -2.19. The molecule has 0 unspecified atom stereocenters. The van der Waals surface area contributed by atoms with Gasteiger partial charge < -0.3 is 19.3 Å². The maximum Gasteiger partial charge on any atom is 0.184 e. The standard InChI is InChI=1S/C20H24O5S/c1-14-8-10-16(11-9-14)26(22)19-17(25-20(23-2)18(19)21)13-24-12-15-6-4-3-5-7-15/h3-11,17-21H,12-13H2,1-2H3/t17-,18-,19+,20-,26-/m1/s1. The summed E-state index contributed by atoms with van der Waals surface area (Å²) < 4.78 is 29.7. The highest BCUT2D eigenvalue weighted by atomic mass is 32.2. The van der Waals surface area contributed by atoms with Crippen LogP contribution in [0.5, 0.6) is 0 Å². The molecule has 2 aromatic carbocycles. The molecule has 0 aromatic heterocycles. The number of hydrogen-bond acceptors (Lipinski definition) is 5. The van der Waals surface area contributed by atoms with Crippen molar-refractivity contribution in [3.05, 3.63) is 65.7 Å². The summed E-state index contributed by atoms with van der Waals surface area (Å²) in [6.45, 7) is 2.63. The first-order chi connectivity index (χ1) is 12.6. The second-order valence-electron chi connectivity index (χ2n) is 6.35.